The van der Waals surface area contributed by atoms with Gasteiger partial charge >= 0.3 is 0 Å². The molecular weight excluding hydrogens is 262 g/mol. The van der Waals surface area contributed by atoms with E-state index >= 15 is 0 Å². The first kappa shape index (κ1) is 16.4. The lowest BCUT2D eigenvalue weighted by Crippen LogP contribution is -2.33. The summed E-state index contributed by atoms with van der Waals surface area (Å²) in [6.45, 7) is 13.2. The average Bonchev–Trinajstić information content (AvgIpc) is 2.28. The summed E-state index contributed by atoms with van der Waals surface area (Å²) in [6, 6.07) is 0. The Kier molecular flexibility index (Phi) is 6.12. The van der Waals surface area contributed by atoms with Crippen LogP contribution in [-0.4, -0.2) is 42.7 Å². The van der Waals surface area contributed by atoms with Crippen LogP contribution in [0, 0.1) is 0 Å². The summed E-state index contributed by atoms with van der Waals surface area (Å²) in [5.41, 5.74) is -0.0235. The molecule has 1 saturated heterocycles. The Labute approximate surface area is 114 Å². The lowest BCUT2D eigenvalue weighted by molar-refractivity contribution is 0.468. The van der Waals surface area contributed by atoms with Gasteiger partial charge in [-0.05, 0) is 54.3 Å². The summed E-state index contributed by atoms with van der Waals surface area (Å²) < 4.78 is 12.7. The lowest BCUT2D eigenvalue weighted by atomic mass is 10.1. The molecule has 0 aliphatic carbocycles. The molecule has 0 radical (unpaired) electrons. The van der Waals surface area contributed by atoms with Crippen molar-refractivity contribution in [2.24, 2.45) is 9.26 Å². The molecule has 0 saturated carbocycles. The molecule has 4 nitrogen and oxygen atoms in total. The van der Waals surface area contributed by atoms with Crippen LogP contribution < -0.4 is 5.09 Å². The van der Waals surface area contributed by atoms with Gasteiger partial charge in [-0.3, -0.25) is 5.09 Å². The maximum absolute atomic E-state index is 5.23. The maximum atomic E-state index is 5.23. The van der Waals surface area contributed by atoms with E-state index in [-0.39, 0.29) is 5.54 Å². The SMILES string of the molecule is CC[PH](CC)=NP1(=NC(C)(C)C)NCCCN1C. The molecule has 0 aromatic heterocycles. The molecule has 1 unspecified atom stereocenters. The van der Waals surface area contributed by atoms with Gasteiger partial charge in [-0.25, -0.2) is 13.9 Å². The summed E-state index contributed by atoms with van der Waals surface area (Å²) in [5, 5.41) is 3.67. The van der Waals surface area contributed by atoms with Crippen molar-refractivity contribution < 1.29 is 0 Å². The van der Waals surface area contributed by atoms with Crippen LogP contribution >= 0.6 is 15.2 Å². The molecule has 108 valence electrons. The maximum Gasteiger partial charge on any atom is 0.207 e. The predicted molar refractivity (Wildman–Crippen MR) is 86.2 cm³/mol. The molecule has 1 N–H and O–H groups in total. The second-order valence-electron chi connectivity index (χ2n) is 5.86. The van der Waals surface area contributed by atoms with E-state index in [1.807, 2.05) is 0 Å². The van der Waals surface area contributed by atoms with Crippen LogP contribution in [0.15, 0.2) is 9.26 Å². The minimum atomic E-state index is -1.81. The van der Waals surface area contributed by atoms with Gasteiger partial charge in [0.05, 0.1) is 5.54 Å². The van der Waals surface area contributed by atoms with Crippen LogP contribution in [0.3, 0.4) is 0 Å². The smallest absolute Gasteiger partial charge is 0.207 e. The van der Waals surface area contributed by atoms with Gasteiger partial charge < -0.3 is 0 Å². The molecule has 0 bridgehead atoms. The highest BCUT2D eigenvalue weighted by Crippen LogP contribution is 2.57. The van der Waals surface area contributed by atoms with Gasteiger partial charge in [-0.15, -0.1) is 0 Å². The third kappa shape index (κ3) is 4.49. The molecule has 0 spiro atoms. The Balaban J connectivity index is 3.25. The standard InChI is InChI=1S/C12H30N4P2/c1-7-17(8-2)15-18(14-12(3,4)5)13-10-9-11-16(18)6/h13,17H,7-11H2,1-6H3. The average molecular weight is 292 g/mol. The fourth-order valence-electron chi connectivity index (χ4n) is 2.05. The Bertz CT molecular complexity index is 352. The van der Waals surface area contributed by atoms with E-state index in [9.17, 15) is 0 Å². The van der Waals surface area contributed by atoms with Crippen molar-refractivity contribution in [2.45, 2.75) is 46.6 Å². The van der Waals surface area contributed by atoms with Crippen LogP contribution in [0.2, 0.25) is 0 Å². The van der Waals surface area contributed by atoms with Crippen LogP contribution in [0.1, 0.15) is 41.0 Å². The van der Waals surface area contributed by atoms with Crippen LogP contribution in [-0.2, 0) is 0 Å². The molecule has 18 heavy (non-hydrogen) atoms. The molecule has 0 amide bonds. The normalized spacial score (nSPS) is 26.4. The zero-order valence-corrected chi connectivity index (χ0v) is 14.7. The third-order valence-corrected chi connectivity index (χ3v) is 9.55. The van der Waals surface area contributed by atoms with Crippen LogP contribution in [0.4, 0.5) is 0 Å². The largest absolute Gasteiger partial charge is 0.254 e. The minimum absolute atomic E-state index is 0.0235. The Morgan fingerprint density at radius 3 is 2.33 bits per heavy atom. The quantitative estimate of drug-likeness (QED) is 0.796. The molecule has 0 aromatic carbocycles. The molecule has 1 aliphatic heterocycles. The fourth-order valence-corrected chi connectivity index (χ4v) is 8.51. The van der Waals surface area contributed by atoms with Gasteiger partial charge in [0.2, 0.25) is 7.51 Å². The van der Waals surface area contributed by atoms with Gasteiger partial charge in [0, 0.05) is 13.1 Å². The Hall–Kier alpha value is 0.380. The van der Waals surface area contributed by atoms with Gasteiger partial charge in [-0.2, -0.15) is 0 Å². The lowest BCUT2D eigenvalue weighted by Gasteiger charge is -2.38. The highest BCUT2D eigenvalue weighted by atomic mass is 31.2. The van der Waals surface area contributed by atoms with Crippen molar-refractivity contribution in [1.29, 1.82) is 0 Å². The van der Waals surface area contributed by atoms with Crippen molar-refractivity contribution in [3.8, 4) is 0 Å². The van der Waals surface area contributed by atoms with Crippen LogP contribution in [0.5, 0.6) is 0 Å². The topological polar surface area (TPSA) is 40.0 Å². The van der Waals surface area contributed by atoms with E-state index in [1.54, 1.807) is 0 Å². The third-order valence-electron chi connectivity index (χ3n) is 3.00. The van der Waals surface area contributed by atoms with Gasteiger partial charge in [0.25, 0.3) is 0 Å². The highest BCUT2D eigenvalue weighted by Gasteiger charge is 2.29. The van der Waals surface area contributed by atoms with E-state index < -0.39 is 15.2 Å². The van der Waals surface area contributed by atoms with E-state index in [0.29, 0.717) is 0 Å². The van der Waals surface area contributed by atoms with Crippen LogP contribution in [0.25, 0.3) is 0 Å². The number of nitrogens with zero attached hydrogens (tertiary/aromatic N) is 3. The van der Waals surface area contributed by atoms with Crippen molar-refractivity contribution >= 4 is 15.2 Å². The zero-order valence-electron chi connectivity index (χ0n) is 12.8. The van der Waals surface area contributed by atoms with E-state index in [2.05, 4.69) is 51.4 Å². The number of hydrogen-bond acceptors (Lipinski definition) is 1. The summed E-state index contributed by atoms with van der Waals surface area (Å²) in [6.07, 6.45) is 3.62. The van der Waals surface area contributed by atoms with Gasteiger partial charge in [0.15, 0.2) is 0 Å². The minimum Gasteiger partial charge on any atom is -0.254 e. The highest BCUT2D eigenvalue weighted by molar-refractivity contribution is 7.67. The summed E-state index contributed by atoms with van der Waals surface area (Å²) in [7, 11) is -0.237. The summed E-state index contributed by atoms with van der Waals surface area (Å²) in [4.78, 5) is 0. The number of rotatable bonds is 3. The first-order chi connectivity index (χ1) is 8.33. The fraction of sp³-hybridized carbons (Fsp3) is 1.00. The van der Waals surface area contributed by atoms with Crippen molar-refractivity contribution in [3.05, 3.63) is 0 Å². The summed E-state index contributed by atoms with van der Waals surface area (Å²) in [5.74, 6) is 0. The molecule has 1 fully saturated rings. The monoisotopic (exact) mass is 292 g/mol. The van der Waals surface area contributed by atoms with E-state index in [0.717, 1.165) is 13.1 Å². The molecule has 1 atom stereocenters. The van der Waals surface area contributed by atoms with Crippen molar-refractivity contribution in [1.82, 2.24) is 9.76 Å². The zero-order chi connectivity index (χ0) is 13.8. The number of nitrogens with one attached hydrogen (secondary N) is 1. The van der Waals surface area contributed by atoms with Gasteiger partial charge in [-0.1, -0.05) is 13.8 Å². The Morgan fingerprint density at radius 1 is 1.28 bits per heavy atom. The van der Waals surface area contributed by atoms with E-state index in [1.165, 1.54) is 18.7 Å². The predicted octanol–water partition coefficient (Wildman–Crippen LogP) is 4.09. The number of hydrogen-bond donors (Lipinski definition) is 1. The second kappa shape index (κ2) is 6.70. The molecule has 6 heteroatoms. The molecule has 1 heterocycles. The first-order valence-corrected chi connectivity index (χ1v) is 10.5. The van der Waals surface area contributed by atoms with Gasteiger partial charge in [0.1, 0.15) is 0 Å². The summed E-state index contributed by atoms with van der Waals surface area (Å²) >= 11 is 0. The molecular formula is C12H30N4P2. The Morgan fingerprint density at radius 2 is 1.89 bits per heavy atom. The second-order valence-corrected chi connectivity index (χ2v) is 11.5. The van der Waals surface area contributed by atoms with Crippen molar-refractivity contribution in [3.63, 3.8) is 0 Å². The molecule has 0 aromatic rings. The first-order valence-electron chi connectivity index (χ1n) is 7.01. The molecule has 1 rings (SSSR count). The molecule has 1 aliphatic rings. The van der Waals surface area contributed by atoms with Crippen molar-refractivity contribution in [2.75, 3.05) is 32.5 Å². The van der Waals surface area contributed by atoms with E-state index in [4.69, 9.17) is 9.26 Å².